The van der Waals surface area contributed by atoms with E-state index < -0.39 is 5.97 Å². The Morgan fingerprint density at radius 2 is 1.96 bits per heavy atom. The van der Waals surface area contributed by atoms with Gasteiger partial charge in [0.1, 0.15) is 11.3 Å². The predicted molar refractivity (Wildman–Crippen MR) is 99.5 cm³/mol. The molecule has 0 aliphatic heterocycles. The molecule has 0 aliphatic rings. The van der Waals surface area contributed by atoms with Gasteiger partial charge in [-0.15, -0.1) is 0 Å². The molecule has 3 aromatic rings. The van der Waals surface area contributed by atoms with E-state index in [0.717, 1.165) is 11.3 Å². The number of hydrogen-bond acceptors (Lipinski definition) is 3. The lowest BCUT2D eigenvalue weighted by Crippen LogP contribution is -2.06. The lowest BCUT2D eigenvalue weighted by Gasteiger charge is -2.09. The highest BCUT2D eigenvalue weighted by atomic mass is 16.4. The molecule has 130 valence electrons. The van der Waals surface area contributed by atoms with Crippen molar-refractivity contribution < 1.29 is 9.90 Å². The van der Waals surface area contributed by atoms with E-state index in [0.29, 0.717) is 28.9 Å². The molecule has 26 heavy (non-hydrogen) atoms. The summed E-state index contributed by atoms with van der Waals surface area (Å²) in [4.78, 5) is 12.0. The Kier molecular flexibility index (Phi) is 4.59. The number of aryl methyl sites for hydroxylation is 2. The van der Waals surface area contributed by atoms with Crippen molar-refractivity contribution >= 4 is 5.97 Å². The Hall–Kier alpha value is -3.39. The molecule has 5 heteroatoms. The van der Waals surface area contributed by atoms with Crippen LogP contribution in [-0.4, -0.2) is 20.9 Å². The molecule has 1 heterocycles. The van der Waals surface area contributed by atoms with Crippen LogP contribution in [0, 0.1) is 25.2 Å². The Balaban J connectivity index is 2.29. The fraction of sp³-hybridized carbons (Fsp3) is 0.190. The molecule has 5 nitrogen and oxygen atoms in total. The fourth-order valence-corrected chi connectivity index (χ4v) is 3.01. The van der Waals surface area contributed by atoms with Crippen LogP contribution in [0.1, 0.15) is 39.7 Å². The van der Waals surface area contributed by atoms with Gasteiger partial charge in [0.25, 0.3) is 0 Å². The average molecular weight is 345 g/mol. The van der Waals surface area contributed by atoms with Crippen molar-refractivity contribution in [2.24, 2.45) is 0 Å². The van der Waals surface area contributed by atoms with E-state index in [1.54, 1.807) is 28.9 Å². The van der Waals surface area contributed by atoms with Crippen molar-refractivity contribution in [2.45, 2.75) is 27.2 Å². The molecule has 3 rings (SSSR count). The number of hydrogen-bond donors (Lipinski definition) is 1. The first-order valence-corrected chi connectivity index (χ1v) is 8.39. The van der Waals surface area contributed by atoms with Crippen LogP contribution in [0.4, 0.5) is 0 Å². The van der Waals surface area contributed by atoms with Crippen molar-refractivity contribution in [3.63, 3.8) is 0 Å². The zero-order chi connectivity index (χ0) is 18.8. The number of nitrogens with zero attached hydrogens (tertiary/aromatic N) is 3. The van der Waals surface area contributed by atoms with Gasteiger partial charge in [0.05, 0.1) is 23.0 Å². The van der Waals surface area contributed by atoms with Gasteiger partial charge in [-0.3, -0.25) is 0 Å². The third kappa shape index (κ3) is 2.98. The van der Waals surface area contributed by atoms with Crippen LogP contribution in [0.25, 0.3) is 16.9 Å². The molecule has 0 radical (unpaired) electrons. The molecule has 0 fully saturated rings. The van der Waals surface area contributed by atoms with Crippen molar-refractivity contribution in [1.29, 1.82) is 5.26 Å². The molecule has 0 amide bonds. The number of benzene rings is 2. The maximum atomic E-state index is 12.0. The molecule has 1 N–H and O–H groups in total. The summed E-state index contributed by atoms with van der Waals surface area (Å²) in [6.45, 7) is 5.96. The second-order valence-electron chi connectivity index (χ2n) is 6.20. The van der Waals surface area contributed by atoms with Gasteiger partial charge in [-0.25, -0.2) is 9.48 Å². The molecule has 2 aromatic carbocycles. The number of carboxylic acid groups (broad SMARTS) is 1. The van der Waals surface area contributed by atoms with E-state index in [4.69, 9.17) is 5.26 Å². The highest BCUT2D eigenvalue weighted by Gasteiger charge is 2.24. The van der Waals surface area contributed by atoms with Crippen molar-refractivity contribution in [2.75, 3.05) is 0 Å². The van der Waals surface area contributed by atoms with E-state index in [1.807, 2.05) is 39.0 Å². The number of nitriles is 1. The third-order valence-electron chi connectivity index (χ3n) is 4.53. The Bertz CT molecular complexity index is 1040. The largest absolute Gasteiger partial charge is 0.478 e. The summed E-state index contributed by atoms with van der Waals surface area (Å²) in [5, 5.41) is 23.6. The van der Waals surface area contributed by atoms with E-state index in [1.165, 1.54) is 5.56 Å². The maximum Gasteiger partial charge on any atom is 0.339 e. The van der Waals surface area contributed by atoms with Crippen LogP contribution in [0.2, 0.25) is 0 Å². The van der Waals surface area contributed by atoms with Crippen LogP contribution in [0.15, 0.2) is 42.5 Å². The first kappa shape index (κ1) is 17.4. The zero-order valence-corrected chi connectivity index (χ0v) is 14.9. The molecule has 0 atom stereocenters. The summed E-state index contributed by atoms with van der Waals surface area (Å²) in [5.74, 6) is -1.02. The highest BCUT2D eigenvalue weighted by Crippen LogP contribution is 2.29. The molecule has 0 unspecified atom stereocenters. The molecule has 0 bridgehead atoms. The highest BCUT2D eigenvalue weighted by molar-refractivity contribution is 5.96. The quantitative estimate of drug-likeness (QED) is 0.765. The fourth-order valence-electron chi connectivity index (χ4n) is 3.01. The number of aromatic nitrogens is 2. The van der Waals surface area contributed by atoms with E-state index in [-0.39, 0.29) is 5.56 Å². The molecular weight excluding hydrogens is 326 g/mol. The van der Waals surface area contributed by atoms with Crippen LogP contribution in [0.3, 0.4) is 0 Å². The Labute approximate surface area is 152 Å². The number of carboxylic acids is 1. The zero-order valence-electron chi connectivity index (χ0n) is 14.9. The van der Waals surface area contributed by atoms with Crippen LogP contribution >= 0.6 is 0 Å². The van der Waals surface area contributed by atoms with Gasteiger partial charge in [0.15, 0.2) is 0 Å². The number of rotatable bonds is 4. The molecular formula is C21H19N3O2. The van der Waals surface area contributed by atoms with Gasteiger partial charge in [0, 0.05) is 5.56 Å². The molecule has 0 aliphatic carbocycles. The van der Waals surface area contributed by atoms with Gasteiger partial charge in [-0.05, 0) is 55.7 Å². The van der Waals surface area contributed by atoms with Gasteiger partial charge in [-0.2, -0.15) is 10.4 Å². The molecule has 0 saturated heterocycles. The van der Waals surface area contributed by atoms with Gasteiger partial charge < -0.3 is 5.11 Å². The first-order chi connectivity index (χ1) is 12.5. The molecule has 1 aromatic heterocycles. The Morgan fingerprint density at radius 1 is 1.19 bits per heavy atom. The summed E-state index contributed by atoms with van der Waals surface area (Å²) in [5.41, 5.74) is 5.40. The standard InChI is InChI=1S/C21H19N3O2/c1-4-18-19(21(25)26)20(16-7-5-6-15(11-16)12-22)23-24(18)17-9-8-13(2)14(3)10-17/h5-11H,4H2,1-3H3,(H,25,26). The monoisotopic (exact) mass is 345 g/mol. The minimum absolute atomic E-state index is 0.181. The van der Waals surface area contributed by atoms with Crippen LogP contribution in [0.5, 0.6) is 0 Å². The smallest absolute Gasteiger partial charge is 0.339 e. The first-order valence-electron chi connectivity index (χ1n) is 8.39. The van der Waals surface area contributed by atoms with Gasteiger partial charge in [-0.1, -0.05) is 25.1 Å². The van der Waals surface area contributed by atoms with Crippen molar-refractivity contribution in [1.82, 2.24) is 9.78 Å². The second kappa shape index (κ2) is 6.85. The second-order valence-corrected chi connectivity index (χ2v) is 6.20. The van der Waals surface area contributed by atoms with Crippen LogP contribution in [-0.2, 0) is 6.42 Å². The van der Waals surface area contributed by atoms with Crippen molar-refractivity contribution in [3.8, 4) is 23.0 Å². The third-order valence-corrected chi connectivity index (χ3v) is 4.53. The summed E-state index contributed by atoms with van der Waals surface area (Å²) in [6, 6.07) is 14.9. The average Bonchev–Trinajstić information content (AvgIpc) is 3.04. The Morgan fingerprint density at radius 3 is 2.58 bits per heavy atom. The van der Waals surface area contributed by atoms with Crippen LogP contribution < -0.4 is 0 Å². The number of aromatic carboxylic acids is 1. The van der Waals surface area contributed by atoms with Gasteiger partial charge in [0.2, 0.25) is 0 Å². The summed E-state index contributed by atoms with van der Waals surface area (Å²) < 4.78 is 1.70. The minimum atomic E-state index is -1.02. The van der Waals surface area contributed by atoms with E-state index in [9.17, 15) is 9.90 Å². The van der Waals surface area contributed by atoms with Crippen molar-refractivity contribution in [3.05, 3.63) is 70.4 Å². The minimum Gasteiger partial charge on any atom is -0.478 e. The SMILES string of the molecule is CCc1c(C(=O)O)c(-c2cccc(C#N)c2)nn1-c1ccc(C)c(C)c1. The number of carbonyl (C=O) groups is 1. The maximum absolute atomic E-state index is 12.0. The normalized spacial score (nSPS) is 10.5. The topological polar surface area (TPSA) is 78.9 Å². The summed E-state index contributed by atoms with van der Waals surface area (Å²) >= 11 is 0. The van der Waals surface area contributed by atoms with E-state index in [2.05, 4.69) is 11.2 Å². The van der Waals surface area contributed by atoms with Gasteiger partial charge >= 0.3 is 5.97 Å². The molecule has 0 spiro atoms. The lowest BCUT2D eigenvalue weighted by molar-refractivity contribution is 0.0696. The summed E-state index contributed by atoms with van der Waals surface area (Å²) in [6.07, 6.45) is 0.527. The molecule has 0 saturated carbocycles. The predicted octanol–water partition coefficient (Wildman–Crippen LogP) is 4.29. The van der Waals surface area contributed by atoms with E-state index >= 15 is 0 Å². The lowest BCUT2D eigenvalue weighted by atomic mass is 10.0. The summed E-state index contributed by atoms with van der Waals surface area (Å²) in [7, 11) is 0.